The van der Waals surface area contributed by atoms with Gasteiger partial charge in [-0.05, 0) is 43.4 Å². The van der Waals surface area contributed by atoms with Gasteiger partial charge in [-0.1, -0.05) is 13.0 Å². The number of nitrogens with one attached hydrogen (secondary N) is 1. The van der Waals surface area contributed by atoms with Crippen molar-refractivity contribution in [3.8, 4) is 5.75 Å². The van der Waals surface area contributed by atoms with E-state index in [4.69, 9.17) is 0 Å². The third kappa shape index (κ3) is 2.34. The SMILES string of the molecule is Cc1ncc(CNC2CC(C)c3c(C)ccc(O)c32)s1. The minimum Gasteiger partial charge on any atom is -0.508 e. The Morgan fingerprint density at radius 2 is 2.15 bits per heavy atom. The van der Waals surface area contributed by atoms with Gasteiger partial charge in [0, 0.05) is 29.2 Å². The molecule has 0 aliphatic heterocycles. The topological polar surface area (TPSA) is 45.2 Å². The molecule has 1 aromatic carbocycles. The first-order valence-corrected chi connectivity index (χ1v) is 7.85. The summed E-state index contributed by atoms with van der Waals surface area (Å²) in [5.74, 6) is 0.922. The first-order chi connectivity index (χ1) is 9.56. The Morgan fingerprint density at radius 3 is 2.85 bits per heavy atom. The van der Waals surface area contributed by atoms with Crippen LogP contribution in [0.1, 0.15) is 51.9 Å². The molecule has 1 heterocycles. The molecule has 0 fully saturated rings. The molecule has 106 valence electrons. The average Bonchev–Trinajstić information content (AvgIpc) is 2.96. The number of benzene rings is 1. The number of aromatic hydroxyl groups is 1. The summed E-state index contributed by atoms with van der Waals surface area (Å²) in [7, 11) is 0. The molecule has 0 saturated heterocycles. The number of aryl methyl sites for hydroxylation is 2. The molecular weight excluding hydrogens is 268 g/mol. The second-order valence-corrected chi connectivity index (χ2v) is 6.96. The summed E-state index contributed by atoms with van der Waals surface area (Å²) in [5.41, 5.74) is 3.70. The van der Waals surface area contributed by atoms with Crippen LogP contribution >= 0.6 is 11.3 Å². The monoisotopic (exact) mass is 288 g/mol. The first-order valence-electron chi connectivity index (χ1n) is 7.03. The maximum atomic E-state index is 10.2. The van der Waals surface area contributed by atoms with Gasteiger partial charge in [-0.2, -0.15) is 0 Å². The number of hydrogen-bond donors (Lipinski definition) is 2. The van der Waals surface area contributed by atoms with E-state index >= 15 is 0 Å². The second-order valence-electron chi connectivity index (χ2n) is 5.64. The molecular formula is C16H20N2OS. The molecule has 4 heteroatoms. The van der Waals surface area contributed by atoms with Crippen LogP contribution in [0.2, 0.25) is 0 Å². The minimum atomic E-state index is 0.238. The highest BCUT2D eigenvalue weighted by molar-refractivity contribution is 7.11. The molecule has 1 aromatic heterocycles. The van der Waals surface area contributed by atoms with Gasteiger partial charge in [-0.3, -0.25) is 0 Å². The van der Waals surface area contributed by atoms with Crippen molar-refractivity contribution in [3.05, 3.63) is 44.9 Å². The zero-order valence-electron chi connectivity index (χ0n) is 12.1. The zero-order valence-corrected chi connectivity index (χ0v) is 12.9. The lowest BCUT2D eigenvalue weighted by molar-refractivity contribution is 0.445. The molecule has 0 spiro atoms. The molecule has 0 bridgehead atoms. The van der Waals surface area contributed by atoms with Crippen molar-refractivity contribution in [1.29, 1.82) is 0 Å². The van der Waals surface area contributed by atoms with Crippen LogP contribution in [0.3, 0.4) is 0 Å². The lowest BCUT2D eigenvalue weighted by atomic mass is 9.97. The summed E-state index contributed by atoms with van der Waals surface area (Å²) in [4.78, 5) is 5.53. The number of aromatic nitrogens is 1. The Morgan fingerprint density at radius 1 is 1.35 bits per heavy atom. The number of nitrogens with zero attached hydrogens (tertiary/aromatic N) is 1. The second kappa shape index (κ2) is 5.19. The predicted molar refractivity (Wildman–Crippen MR) is 82.3 cm³/mol. The molecule has 0 amide bonds. The van der Waals surface area contributed by atoms with E-state index in [9.17, 15) is 5.11 Å². The van der Waals surface area contributed by atoms with Crippen LogP contribution in [0.5, 0.6) is 5.75 Å². The van der Waals surface area contributed by atoms with Crippen molar-refractivity contribution in [2.45, 2.75) is 45.7 Å². The van der Waals surface area contributed by atoms with Crippen LogP contribution in [0.15, 0.2) is 18.3 Å². The highest BCUT2D eigenvalue weighted by atomic mass is 32.1. The smallest absolute Gasteiger partial charge is 0.120 e. The third-order valence-corrected chi connectivity index (χ3v) is 5.02. The standard InChI is InChI=1S/C16H20N2OS/c1-9-4-5-14(19)16-13(6-10(2)15(9)16)18-8-12-7-17-11(3)20-12/h4-5,7,10,13,18-19H,6,8H2,1-3H3. The summed E-state index contributed by atoms with van der Waals surface area (Å²) in [6.45, 7) is 7.21. The predicted octanol–water partition coefficient (Wildman–Crippen LogP) is 3.80. The van der Waals surface area contributed by atoms with E-state index in [-0.39, 0.29) is 6.04 Å². The number of phenolic OH excluding ortho intramolecular Hbond substituents is 1. The molecule has 3 nitrogen and oxygen atoms in total. The van der Waals surface area contributed by atoms with Gasteiger partial charge >= 0.3 is 0 Å². The number of thiazole rings is 1. The van der Waals surface area contributed by atoms with Gasteiger partial charge < -0.3 is 10.4 Å². The highest BCUT2D eigenvalue weighted by Gasteiger charge is 2.31. The van der Waals surface area contributed by atoms with E-state index in [0.717, 1.165) is 23.5 Å². The molecule has 3 rings (SSSR count). The maximum absolute atomic E-state index is 10.2. The van der Waals surface area contributed by atoms with Gasteiger partial charge in [0.05, 0.1) is 5.01 Å². The Kier molecular flexibility index (Phi) is 3.52. The van der Waals surface area contributed by atoms with Gasteiger partial charge in [0.15, 0.2) is 0 Å². The number of phenols is 1. The normalized spacial score (nSPS) is 21.1. The number of rotatable bonds is 3. The Bertz CT molecular complexity index is 635. The van der Waals surface area contributed by atoms with Crippen LogP contribution in [0.4, 0.5) is 0 Å². The van der Waals surface area contributed by atoms with Crippen LogP contribution < -0.4 is 5.32 Å². The fourth-order valence-corrected chi connectivity index (χ4v) is 3.99. The molecule has 2 unspecified atom stereocenters. The minimum absolute atomic E-state index is 0.238. The molecule has 1 aliphatic rings. The fraction of sp³-hybridized carbons (Fsp3) is 0.438. The molecule has 20 heavy (non-hydrogen) atoms. The highest BCUT2D eigenvalue weighted by Crippen LogP contribution is 2.45. The summed E-state index contributed by atoms with van der Waals surface area (Å²) in [6.07, 6.45) is 2.98. The van der Waals surface area contributed by atoms with Crippen LogP contribution in [0.25, 0.3) is 0 Å². The summed E-state index contributed by atoms with van der Waals surface area (Å²) < 4.78 is 0. The van der Waals surface area contributed by atoms with E-state index in [2.05, 4.69) is 24.1 Å². The van der Waals surface area contributed by atoms with Crippen molar-refractivity contribution in [2.75, 3.05) is 0 Å². The molecule has 1 aliphatic carbocycles. The van der Waals surface area contributed by atoms with E-state index in [1.165, 1.54) is 16.0 Å². The van der Waals surface area contributed by atoms with E-state index < -0.39 is 0 Å². The molecule has 0 saturated carbocycles. The lowest BCUT2D eigenvalue weighted by Crippen LogP contribution is -2.18. The quantitative estimate of drug-likeness (QED) is 0.903. The average molecular weight is 288 g/mol. The Balaban J connectivity index is 1.82. The van der Waals surface area contributed by atoms with Gasteiger partial charge in [0.1, 0.15) is 5.75 Å². The van der Waals surface area contributed by atoms with Crippen molar-refractivity contribution in [2.24, 2.45) is 0 Å². The van der Waals surface area contributed by atoms with Crippen LogP contribution in [0, 0.1) is 13.8 Å². The van der Waals surface area contributed by atoms with Crippen molar-refractivity contribution in [1.82, 2.24) is 10.3 Å². The van der Waals surface area contributed by atoms with E-state index in [1.54, 1.807) is 11.3 Å². The number of hydrogen-bond acceptors (Lipinski definition) is 4. The third-order valence-electron chi connectivity index (χ3n) is 4.10. The first kappa shape index (κ1) is 13.6. The molecule has 2 N–H and O–H groups in total. The van der Waals surface area contributed by atoms with Gasteiger partial charge in [0.25, 0.3) is 0 Å². The van der Waals surface area contributed by atoms with Gasteiger partial charge in [-0.25, -0.2) is 4.98 Å². The Hall–Kier alpha value is -1.39. The molecule has 0 radical (unpaired) electrons. The van der Waals surface area contributed by atoms with E-state index in [1.807, 2.05) is 25.3 Å². The van der Waals surface area contributed by atoms with Crippen molar-refractivity contribution < 1.29 is 5.11 Å². The van der Waals surface area contributed by atoms with Gasteiger partial charge in [-0.15, -0.1) is 11.3 Å². The molecule has 2 atom stereocenters. The van der Waals surface area contributed by atoms with Gasteiger partial charge in [0.2, 0.25) is 0 Å². The van der Waals surface area contributed by atoms with Crippen LogP contribution in [-0.2, 0) is 6.54 Å². The van der Waals surface area contributed by atoms with Crippen LogP contribution in [-0.4, -0.2) is 10.1 Å². The Labute approximate surface area is 123 Å². The number of fused-ring (bicyclic) bond motifs is 1. The van der Waals surface area contributed by atoms with Crippen molar-refractivity contribution >= 4 is 11.3 Å². The summed E-state index contributed by atoms with van der Waals surface area (Å²) in [6, 6.07) is 4.07. The summed E-state index contributed by atoms with van der Waals surface area (Å²) >= 11 is 1.72. The largest absolute Gasteiger partial charge is 0.508 e. The van der Waals surface area contributed by atoms with E-state index in [0.29, 0.717) is 11.7 Å². The fourth-order valence-electron chi connectivity index (χ4n) is 3.24. The zero-order chi connectivity index (χ0) is 14.3. The lowest BCUT2D eigenvalue weighted by Gasteiger charge is -2.15. The van der Waals surface area contributed by atoms with Crippen molar-refractivity contribution in [3.63, 3.8) is 0 Å². The maximum Gasteiger partial charge on any atom is 0.120 e. The summed E-state index contributed by atoms with van der Waals surface area (Å²) in [5, 5.41) is 14.9. The molecule has 2 aromatic rings.